The third kappa shape index (κ3) is 2.66. The molecule has 0 saturated carbocycles. The second-order valence-corrected chi connectivity index (χ2v) is 4.26. The Balaban J connectivity index is 2.23. The summed E-state index contributed by atoms with van der Waals surface area (Å²) in [5, 5.41) is 3.10. The van der Waals surface area contributed by atoms with Crippen LogP contribution in [0.15, 0.2) is 48.5 Å². The molecule has 0 bridgehead atoms. The van der Waals surface area contributed by atoms with Gasteiger partial charge in [0.05, 0.1) is 6.04 Å². The monoisotopic (exact) mass is 226 g/mol. The van der Waals surface area contributed by atoms with Crippen LogP contribution in [0.2, 0.25) is 0 Å². The normalized spacial score (nSPS) is 12.2. The minimum atomic E-state index is -0.0542. The minimum absolute atomic E-state index is 0.0542. The molecule has 0 heterocycles. The first-order chi connectivity index (χ1) is 8.20. The highest BCUT2D eigenvalue weighted by Crippen LogP contribution is 2.21. The first-order valence-corrected chi connectivity index (χ1v) is 5.80. The molecule has 0 aliphatic heterocycles. The molecule has 88 valence electrons. The predicted molar refractivity (Wildman–Crippen MR) is 73.2 cm³/mol. The molecular formula is C15H18N2. The van der Waals surface area contributed by atoms with E-state index in [1.165, 1.54) is 5.56 Å². The van der Waals surface area contributed by atoms with Gasteiger partial charge in [-0.2, -0.15) is 0 Å². The summed E-state index contributed by atoms with van der Waals surface area (Å²) >= 11 is 0. The maximum Gasteiger partial charge on any atom is 0.0551 e. The molecule has 2 rings (SSSR count). The Bertz CT molecular complexity index is 471. The second kappa shape index (κ2) is 5.02. The number of benzene rings is 2. The molecule has 1 unspecified atom stereocenters. The van der Waals surface area contributed by atoms with Gasteiger partial charge in [-0.05, 0) is 30.2 Å². The molecule has 0 radical (unpaired) electrons. The van der Waals surface area contributed by atoms with Crippen LogP contribution in [0, 0.1) is 6.92 Å². The van der Waals surface area contributed by atoms with Gasteiger partial charge in [0, 0.05) is 12.7 Å². The van der Waals surface area contributed by atoms with Gasteiger partial charge >= 0.3 is 0 Å². The molecule has 0 aliphatic carbocycles. The molecule has 0 amide bonds. The Hall–Kier alpha value is -1.80. The molecule has 0 fully saturated rings. The van der Waals surface area contributed by atoms with Crippen molar-refractivity contribution in [3.63, 3.8) is 0 Å². The summed E-state index contributed by atoms with van der Waals surface area (Å²) in [6, 6.07) is 16.5. The van der Waals surface area contributed by atoms with Gasteiger partial charge in [-0.1, -0.05) is 42.0 Å². The fraction of sp³-hybridized carbons (Fsp3) is 0.200. The van der Waals surface area contributed by atoms with Gasteiger partial charge in [-0.25, -0.2) is 0 Å². The van der Waals surface area contributed by atoms with Crippen molar-refractivity contribution >= 4 is 5.69 Å². The molecule has 0 spiro atoms. The standard InChI is InChI=1S/C15H18N2/c1-11-3-5-12(6-4-11)15(16)13-7-9-14(17-2)10-8-13/h3-10,15,17H,16H2,1-2H3. The van der Waals surface area contributed by atoms with Crippen LogP contribution in [-0.4, -0.2) is 7.05 Å². The van der Waals surface area contributed by atoms with Crippen molar-refractivity contribution in [3.8, 4) is 0 Å². The average molecular weight is 226 g/mol. The van der Waals surface area contributed by atoms with E-state index in [1.807, 2.05) is 19.2 Å². The summed E-state index contributed by atoms with van der Waals surface area (Å²) in [6.07, 6.45) is 0. The molecule has 3 N–H and O–H groups in total. The zero-order chi connectivity index (χ0) is 12.3. The highest BCUT2D eigenvalue weighted by Gasteiger charge is 2.07. The number of anilines is 1. The maximum atomic E-state index is 6.24. The van der Waals surface area contributed by atoms with Gasteiger partial charge in [0.25, 0.3) is 0 Å². The third-order valence-electron chi connectivity index (χ3n) is 2.99. The Morgan fingerprint density at radius 3 is 1.82 bits per heavy atom. The zero-order valence-corrected chi connectivity index (χ0v) is 10.3. The Morgan fingerprint density at radius 2 is 1.35 bits per heavy atom. The lowest BCUT2D eigenvalue weighted by molar-refractivity contribution is 0.871. The fourth-order valence-electron chi connectivity index (χ4n) is 1.82. The summed E-state index contributed by atoms with van der Waals surface area (Å²) in [7, 11) is 1.91. The number of aryl methyl sites for hydroxylation is 1. The van der Waals surface area contributed by atoms with Crippen LogP contribution in [0.3, 0.4) is 0 Å². The molecule has 0 saturated heterocycles. The smallest absolute Gasteiger partial charge is 0.0551 e. The predicted octanol–water partition coefficient (Wildman–Crippen LogP) is 3.08. The summed E-state index contributed by atoms with van der Waals surface area (Å²) in [5.41, 5.74) is 10.9. The summed E-state index contributed by atoms with van der Waals surface area (Å²) in [4.78, 5) is 0. The molecule has 0 aromatic heterocycles. The van der Waals surface area contributed by atoms with Crippen LogP contribution < -0.4 is 11.1 Å². The van der Waals surface area contributed by atoms with Crippen LogP contribution in [0.4, 0.5) is 5.69 Å². The van der Waals surface area contributed by atoms with E-state index in [0.717, 1.165) is 16.8 Å². The van der Waals surface area contributed by atoms with Crippen molar-refractivity contribution in [1.82, 2.24) is 0 Å². The third-order valence-corrected chi connectivity index (χ3v) is 2.99. The van der Waals surface area contributed by atoms with Crippen LogP contribution in [0.25, 0.3) is 0 Å². The highest BCUT2D eigenvalue weighted by atomic mass is 14.8. The average Bonchev–Trinajstić information content (AvgIpc) is 2.39. The number of hydrogen-bond acceptors (Lipinski definition) is 2. The van der Waals surface area contributed by atoms with E-state index in [-0.39, 0.29) is 6.04 Å². The van der Waals surface area contributed by atoms with Gasteiger partial charge in [0.1, 0.15) is 0 Å². The lowest BCUT2D eigenvalue weighted by Crippen LogP contribution is -2.11. The lowest BCUT2D eigenvalue weighted by atomic mass is 9.98. The summed E-state index contributed by atoms with van der Waals surface area (Å²) in [5.74, 6) is 0. The Kier molecular flexibility index (Phi) is 3.45. The fourth-order valence-corrected chi connectivity index (χ4v) is 1.82. The van der Waals surface area contributed by atoms with Crippen molar-refractivity contribution in [2.24, 2.45) is 5.73 Å². The minimum Gasteiger partial charge on any atom is -0.388 e. The van der Waals surface area contributed by atoms with Gasteiger partial charge in [0.15, 0.2) is 0 Å². The van der Waals surface area contributed by atoms with Crippen molar-refractivity contribution in [1.29, 1.82) is 0 Å². The van der Waals surface area contributed by atoms with Crippen LogP contribution >= 0.6 is 0 Å². The van der Waals surface area contributed by atoms with Gasteiger partial charge in [-0.3, -0.25) is 0 Å². The first kappa shape index (κ1) is 11.7. The van der Waals surface area contributed by atoms with Gasteiger partial charge in [0.2, 0.25) is 0 Å². The van der Waals surface area contributed by atoms with Crippen molar-refractivity contribution in [2.45, 2.75) is 13.0 Å². The Labute approximate surface area is 102 Å². The number of hydrogen-bond donors (Lipinski definition) is 2. The molecule has 2 aromatic carbocycles. The molecular weight excluding hydrogens is 208 g/mol. The zero-order valence-electron chi connectivity index (χ0n) is 10.3. The van der Waals surface area contributed by atoms with E-state index in [1.54, 1.807) is 0 Å². The van der Waals surface area contributed by atoms with Crippen molar-refractivity contribution < 1.29 is 0 Å². The van der Waals surface area contributed by atoms with Crippen molar-refractivity contribution in [3.05, 3.63) is 65.2 Å². The molecule has 0 aliphatic rings. The molecule has 17 heavy (non-hydrogen) atoms. The topological polar surface area (TPSA) is 38.0 Å². The van der Waals surface area contributed by atoms with Crippen LogP contribution in [0.1, 0.15) is 22.7 Å². The molecule has 1 atom stereocenters. The molecule has 2 aromatic rings. The van der Waals surface area contributed by atoms with Crippen LogP contribution in [0.5, 0.6) is 0 Å². The van der Waals surface area contributed by atoms with E-state index >= 15 is 0 Å². The quantitative estimate of drug-likeness (QED) is 0.844. The first-order valence-electron chi connectivity index (χ1n) is 5.80. The van der Waals surface area contributed by atoms with E-state index in [4.69, 9.17) is 5.73 Å². The highest BCUT2D eigenvalue weighted by molar-refractivity contribution is 5.45. The second-order valence-electron chi connectivity index (χ2n) is 4.26. The molecule has 2 nitrogen and oxygen atoms in total. The van der Waals surface area contributed by atoms with E-state index in [2.05, 4.69) is 48.6 Å². The van der Waals surface area contributed by atoms with Crippen molar-refractivity contribution in [2.75, 3.05) is 12.4 Å². The largest absolute Gasteiger partial charge is 0.388 e. The van der Waals surface area contributed by atoms with E-state index < -0.39 is 0 Å². The number of nitrogens with one attached hydrogen (secondary N) is 1. The Morgan fingerprint density at radius 1 is 0.882 bits per heavy atom. The SMILES string of the molecule is CNc1ccc(C(N)c2ccc(C)cc2)cc1. The summed E-state index contributed by atoms with van der Waals surface area (Å²) in [6.45, 7) is 2.08. The van der Waals surface area contributed by atoms with Crippen LogP contribution in [-0.2, 0) is 0 Å². The molecule has 2 heteroatoms. The number of nitrogens with two attached hydrogens (primary N) is 1. The lowest BCUT2D eigenvalue weighted by Gasteiger charge is -2.13. The van der Waals surface area contributed by atoms with Gasteiger partial charge in [-0.15, -0.1) is 0 Å². The van der Waals surface area contributed by atoms with E-state index in [9.17, 15) is 0 Å². The summed E-state index contributed by atoms with van der Waals surface area (Å²) < 4.78 is 0. The number of rotatable bonds is 3. The van der Waals surface area contributed by atoms with Gasteiger partial charge < -0.3 is 11.1 Å². The van der Waals surface area contributed by atoms with E-state index in [0.29, 0.717) is 0 Å². The maximum absolute atomic E-state index is 6.24.